The maximum Gasteiger partial charge on any atom is 0.341 e. The van der Waals surface area contributed by atoms with Crippen LogP contribution >= 0.6 is 0 Å². The van der Waals surface area contributed by atoms with Crippen molar-refractivity contribution >= 4 is 15.7 Å². The summed E-state index contributed by atoms with van der Waals surface area (Å²) in [5, 5.41) is 2.88. The van der Waals surface area contributed by atoms with Gasteiger partial charge >= 0.3 is 5.76 Å². The van der Waals surface area contributed by atoms with Gasteiger partial charge in [0.2, 0.25) is 9.84 Å². The Morgan fingerprint density at radius 3 is 2.23 bits per heavy atom. The Hall–Kier alpha value is -1.54. The first-order chi connectivity index (χ1) is 12.1. The van der Waals surface area contributed by atoms with Crippen molar-refractivity contribution in [1.82, 2.24) is 10.2 Å². The van der Waals surface area contributed by atoms with Gasteiger partial charge in [-0.15, -0.1) is 0 Å². The Kier molecular flexibility index (Phi) is 6.74. The molecular formula is C18H26F2N2O3S. The number of amides is 1. The molecule has 146 valence electrons. The van der Waals surface area contributed by atoms with Crippen molar-refractivity contribution in [3.8, 4) is 0 Å². The number of sulfone groups is 1. The zero-order valence-corrected chi connectivity index (χ0v) is 16.1. The van der Waals surface area contributed by atoms with Crippen molar-refractivity contribution in [1.29, 1.82) is 0 Å². The molecule has 0 saturated carbocycles. The van der Waals surface area contributed by atoms with Gasteiger partial charge in [-0.2, -0.15) is 8.78 Å². The number of nitrogens with zero attached hydrogens (tertiary/aromatic N) is 1. The quantitative estimate of drug-likeness (QED) is 0.814. The van der Waals surface area contributed by atoms with Crippen LogP contribution in [0.5, 0.6) is 0 Å². The smallest absolute Gasteiger partial charge is 0.341 e. The van der Waals surface area contributed by atoms with Gasteiger partial charge in [-0.3, -0.25) is 4.79 Å². The van der Waals surface area contributed by atoms with E-state index in [0.717, 1.165) is 31.8 Å². The van der Waals surface area contributed by atoms with Crippen LogP contribution in [0.3, 0.4) is 0 Å². The second-order valence-corrected chi connectivity index (χ2v) is 9.29. The lowest BCUT2D eigenvalue weighted by molar-refractivity contribution is 0.0905. The highest BCUT2D eigenvalue weighted by Crippen LogP contribution is 2.21. The number of benzene rings is 1. The molecule has 1 amide bonds. The molecule has 1 aromatic rings. The fraction of sp³-hybridized carbons (Fsp3) is 0.611. The molecule has 1 aliphatic heterocycles. The molecule has 8 heteroatoms. The Bertz CT molecular complexity index is 712. The zero-order chi connectivity index (χ0) is 19.5. The standard InChI is InChI=1S/C18H26F2N2O3S/c1-12-8-13(2)10-22(9-12)11-14(3)21-17(23)15-4-6-16(7-5-15)26(24,25)18(19)20/h4-7,12-14,18H,8-11H2,1-3H3,(H,21,23). The van der Waals surface area contributed by atoms with E-state index in [1.165, 1.54) is 18.6 Å². The topological polar surface area (TPSA) is 66.5 Å². The first-order valence-electron chi connectivity index (χ1n) is 8.75. The number of hydrogen-bond donors (Lipinski definition) is 1. The SMILES string of the molecule is CC1CC(C)CN(CC(C)NC(=O)c2ccc(S(=O)(=O)C(F)F)cc2)C1. The van der Waals surface area contributed by atoms with Crippen LogP contribution < -0.4 is 5.32 Å². The summed E-state index contributed by atoms with van der Waals surface area (Å²) >= 11 is 0. The van der Waals surface area contributed by atoms with Gasteiger partial charge < -0.3 is 10.2 Å². The van der Waals surface area contributed by atoms with Crippen LogP contribution in [0.1, 0.15) is 37.6 Å². The van der Waals surface area contributed by atoms with Gasteiger partial charge in [0, 0.05) is 31.2 Å². The molecule has 2 rings (SSSR count). The fourth-order valence-corrected chi connectivity index (χ4v) is 4.30. The predicted molar refractivity (Wildman–Crippen MR) is 95.9 cm³/mol. The molecule has 0 aromatic heterocycles. The van der Waals surface area contributed by atoms with Gasteiger partial charge in [0.05, 0.1) is 4.90 Å². The Morgan fingerprint density at radius 1 is 1.19 bits per heavy atom. The first kappa shape index (κ1) is 20.8. The van der Waals surface area contributed by atoms with Crippen LogP contribution in [0.4, 0.5) is 8.78 Å². The average Bonchev–Trinajstić information content (AvgIpc) is 2.53. The summed E-state index contributed by atoms with van der Waals surface area (Å²) in [6, 6.07) is 4.50. The van der Waals surface area contributed by atoms with E-state index in [2.05, 4.69) is 24.1 Å². The molecule has 1 saturated heterocycles. The lowest BCUT2D eigenvalue weighted by Crippen LogP contribution is -2.47. The van der Waals surface area contributed by atoms with Crippen LogP contribution in [-0.2, 0) is 9.84 Å². The molecule has 0 radical (unpaired) electrons. The molecule has 26 heavy (non-hydrogen) atoms. The van der Waals surface area contributed by atoms with Crippen LogP contribution in [0.2, 0.25) is 0 Å². The summed E-state index contributed by atoms with van der Waals surface area (Å²) in [5.41, 5.74) is 0.241. The number of carbonyl (C=O) groups excluding carboxylic acids is 1. The van der Waals surface area contributed by atoms with E-state index in [1.54, 1.807) is 0 Å². The van der Waals surface area contributed by atoms with E-state index in [0.29, 0.717) is 11.8 Å². The van der Waals surface area contributed by atoms with Gasteiger partial charge in [-0.05, 0) is 49.4 Å². The monoisotopic (exact) mass is 388 g/mol. The summed E-state index contributed by atoms with van der Waals surface area (Å²) in [6.45, 7) is 9.10. The molecular weight excluding hydrogens is 362 g/mol. The Balaban J connectivity index is 1.95. The zero-order valence-electron chi connectivity index (χ0n) is 15.3. The highest BCUT2D eigenvalue weighted by molar-refractivity contribution is 7.91. The third kappa shape index (κ3) is 5.23. The number of halogens is 2. The summed E-state index contributed by atoms with van der Waals surface area (Å²) < 4.78 is 47.9. The summed E-state index contributed by atoms with van der Waals surface area (Å²) in [4.78, 5) is 14.1. The lowest BCUT2D eigenvalue weighted by atomic mass is 9.92. The molecule has 3 atom stereocenters. The minimum atomic E-state index is -4.64. The van der Waals surface area contributed by atoms with Crippen molar-refractivity contribution < 1.29 is 22.0 Å². The van der Waals surface area contributed by atoms with Gasteiger partial charge in [-0.25, -0.2) is 8.42 Å². The third-order valence-electron chi connectivity index (χ3n) is 4.53. The third-order valence-corrected chi connectivity index (χ3v) is 5.93. The summed E-state index contributed by atoms with van der Waals surface area (Å²) in [5.74, 6) is -2.56. The number of rotatable bonds is 6. The van der Waals surface area contributed by atoms with Crippen molar-refractivity contribution in [2.75, 3.05) is 19.6 Å². The molecule has 3 unspecified atom stereocenters. The second-order valence-electron chi connectivity index (χ2n) is 7.37. The molecule has 1 N–H and O–H groups in total. The van der Waals surface area contributed by atoms with E-state index in [-0.39, 0.29) is 17.5 Å². The van der Waals surface area contributed by atoms with Crippen molar-refractivity contribution in [2.45, 2.75) is 43.9 Å². The fourth-order valence-electron chi connectivity index (χ4n) is 3.58. The first-order valence-corrected chi connectivity index (χ1v) is 10.3. The van der Waals surface area contributed by atoms with Crippen molar-refractivity contribution in [3.63, 3.8) is 0 Å². The van der Waals surface area contributed by atoms with E-state index in [9.17, 15) is 22.0 Å². The minimum absolute atomic E-state index is 0.0792. The maximum atomic E-state index is 12.5. The minimum Gasteiger partial charge on any atom is -0.348 e. The van der Waals surface area contributed by atoms with E-state index in [4.69, 9.17) is 0 Å². The molecule has 1 aromatic carbocycles. The highest BCUT2D eigenvalue weighted by Gasteiger charge is 2.27. The number of piperidine rings is 1. The molecule has 0 bridgehead atoms. The van der Waals surface area contributed by atoms with Crippen LogP contribution in [0.15, 0.2) is 29.2 Å². The van der Waals surface area contributed by atoms with Crippen molar-refractivity contribution in [3.05, 3.63) is 29.8 Å². The van der Waals surface area contributed by atoms with Gasteiger partial charge in [0.15, 0.2) is 0 Å². The lowest BCUT2D eigenvalue weighted by Gasteiger charge is -2.36. The summed E-state index contributed by atoms with van der Waals surface area (Å²) in [6.07, 6.45) is 1.21. The molecule has 1 fully saturated rings. The van der Waals surface area contributed by atoms with Crippen molar-refractivity contribution in [2.24, 2.45) is 11.8 Å². The Morgan fingerprint density at radius 2 is 1.73 bits per heavy atom. The number of carbonyl (C=O) groups is 1. The predicted octanol–water partition coefficient (Wildman–Crippen LogP) is 2.78. The molecule has 1 heterocycles. The second kappa shape index (κ2) is 8.43. The van der Waals surface area contributed by atoms with Gasteiger partial charge in [0.1, 0.15) is 0 Å². The largest absolute Gasteiger partial charge is 0.348 e. The number of alkyl halides is 2. The van der Waals surface area contributed by atoms with E-state index >= 15 is 0 Å². The summed E-state index contributed by atoms with van der Waals surface area (Å²) in [7, 11) is -4.64. The molecule has 0 aliphatic carbocycles. The van der Waals surface area contributed by atoms with Crippen LogP contribution in [-0.4, -0.2) is 50.7 Å². The maximum absolute atomic E-state index is 12.5. The highest BCUT2D eigenvalue weighted by atomic mass is 32.2. The molecule has 0 spiro atoms. The number of hydrogen-bond acceptors (Lipinski definition) is 4. The van der Waals surface area contributed by atoms with Gasteiger partial charge in [0.25, 0.3) is 5.91 Å². The number of likely N-dealkylation sites (tertiary alicyclic amines) is 1. The van der Waals surface area contributed by atoms with E-state index < -0.39 is 20.5 Å². The van der Waals surface area contributed by atoms with E-state index in [1.807, 2.05) is 6.92 Å². The molecule has 1 aliphatic rings. The van der Waals surface area contributed by atoms with Crippen LogP contribution in [0.25, 0.3) is 0 Å². The normalized spacial score (nSPS) is 23.0. The van der Waals surface area contributed by atoms with Crippen LogP contribution in [0, 0.1) is 11.8 Å². The average molecular weight is 388 g/mol. The Labute approximate surface area is 153 Å². The van der Waals surface area contributed by atoms with Gasteiger partial charge in [-0.1, -0.05) is 13.8 Å². The number of nitrogens with one attached hydrogen (secondary N) is 1. The molecule has 5 nitrogen and oxygen atoms in total.